The number of carbonyl (C=O) groups is 1. The third kappa shape index (κ3) is 7.30. The summed E-state index contributed by atoms with van der Waals surface area (Å²) in [4.78, 5) is 18.8. The summed E-state index contributed by atoms with van der Waals surface area (Å²) in [5.74, 6) is -2.76. The summed E-state index contributed by atoms with van der Waals surface area (Å²) >= 11 is 1.89. The van der Waals surface area contributed by atoms with Gasteiger partial charge in [-0.15, -0.1) is 17.9 Å². The molecule has 3 rings (SSSR count). The van der Waals surface area contributed by atoms with E-state index >= 15 is 0 Å². The van der Waals surface area contributed by atoms with Crippen LogP contribution in [0.5, 0.6) is 0 Å². The van der Waals surface area contributed by atoms with Crippen molar-refractivity contribution in [3.8, 4) is 0 Å². The molecule has 160 valence electrons. The molecular weight excluding hydrogens is 407 g/mol. The van der Waals surface area contributed by atoms with Gasteiger partial charge in [0.2, 0.25) is 0 Å². The van der Waals surface area contributed by atoms with Crippen LogP contribution >= 0.6 is 11.3 Å². The van der Waals surface area contributed by atoms with Crippen LogP contribution in [0, 0.1) is 6.92 Å². The van der Waals surface area contributed by atoms with E-state index in [1.165, 1.54) is 21.9 Å². The summed E-state index contributed by atoms with van der Waals surface area (Å²) in [5.41, 5.74) is 2.37. The third-order valence-corrected chi connectivity index (χ3v) is 5.16. The van der Waals surface area contributed by atoms with Gasteiger partial charge in [0.25, 0.3) is 0 Å². The molecule has 0 unspecified atom stereocenters. The summed E-state index contributed by atoms with van der Waals surface area (Å²) in [6.07, 6.45) is -0.179. The fraction of sp³-hybridized carbons (Fsp3) is 0.474. The van der Waals surface area contributed by atoms with E-state index in [-0.39, 0.29) is 0 Å². The SMILES string of the molecule is C=CCOCc1ncn2c1CN(Cc1ccc(C)s1)CCC2.O=C(O)C(F)(F)F. The summed E-state index contributed by atoms with van der Waals surface area (Å²) in [5, 5.41) is 7.12. The van der Waals surface area contributed by atoms with E-state index in [1.54, 1.807) is 6.08 Å². The highest BCUT2D eigenvalue weighted by atomic mass is 32.1. The maximum Gasteiger partial charge on any atom is 0.490 e. The van der Waals surface area contributed by atoms with Crippen molar-refractivity contribution in [3.05, 3.63) is 52.3 Å². The first-order chi connectivity index (χ1) is 13.7. The number of nitrogens with zero attached hydrogens (tertiary/aromatic N) is 3. The summed E-state index contributed by atoms with van der Waals surface area (Å²) in [6, 6.07) is 4.45. The zero-order valence-electron chi connectivity index (χ0n) is 16.1. The predicted molar refractivity (Wildman–Crippen MR) is 104 cm³/mol. The maximum atomic E-state index is 10.6. The van der Waals surface area contributed by atoms with E-state index in [0.29, 0.717) is 13.2 Å². The zero-order chi connectivity index (χ0) is 21.4. The normalized spacial score (nSPS) is 14.5. The summed E-state index contributed by atoms with van der Waals surface area (Å²) in [6.45, 7) is 11.1. The number of carboxylic acids is 1. The first-order valence-electron chi connectivity index (χ1n) is 9.00. The number of rotatable bonds is 6. The molecule has 1 aliphatic rings. The van der Waals surface area contributed by atoms with Gasteiger partial charge in [-0.3, -0.25) is 4.90 Å². The molecule has 0 saturated heterocycles. The maximum absolute atomic E-state index is 10.6. The molecule has 29 heavy (non-hydrogen) atoms. The fourth-order valence-corrected chi connectivity index (χ4v) is 3.80. The van der Waals surface area contributed by atoms with Crippen molar-refractivity contribution in [2.24, 2.45) is 0 Å². The van der Waals surface area contributed by atoms with Gasteiger partial charge in [0, 0.05) is 35.9 Å². The van der Waals surface area contributed by atoms with Crippen LogP contribution in [0.25, 0.3) is 0 Å². The molecule has 0 amide bonds. The van der Waals surface area contributed by atoms with Crippen LogP contribution in [0.4, 0.5) is 13.2 Å². The molecule has 0 aromatic carbocycles. The van der Waals surface area contributed by atoms with Crippen molar-refractivity contribution in [1.29, 1.82) is 0 Å². The minimum absolute atomic E-state index is 0.570. The Bertz CT molecular complexity index is 817. The van der Waals surface area contributed by atoms with Crippen molar-refractivity contribution in [3.63, 3.8) is 0 Å². The van der Waals surface area contributed by atoms with Crippen LogP contribution in [0.1, 0.15) is 27.6 Å². The number of thiophene rings is 1. The molecule has 0 fully saturated rings. The second kappa shape index (κ2) is 10.6. The van der Waals surface area contributed by atoms with E-state index in [1.807, 2.05) is 17.7 Å². The molecule has 2 aromatic rings. The lowest BCUT2D eigenvalue weighted by molar-refractivity contribution is -0.192. The fourth-order valence-electron chi connectivity index (χ4n) is 2.86. The summed E-state index contributed by atoms with van der Waals surface area (Å²) < 4.78 is 39.6. The number of alkyl halides is 3. The zero-order valence-corrected chi connectivity index (χ0v) is 16.9. The molecule has 3 heterocycles. The van der Waals surface area contributed by atoms with Crippen molar-refractivity contribution < 1.29 is 27.8 Å². The van der Waals surface area contributed by atoms with Gasteiger partial charge in [-0.1, -0.05) is 6.08 Å². The highest BCUT2D eigenvalue weighted by Crippen LogP contribution is 2.22. The Balaban J connectivity index is 0.000000370. The second-order valence-electron chi connectivity index (χ2n) is 6.51. The summed E-state index contributed by atoms with van der Waals surface area (Å²) in [7, 11) is 0. The average Bonchev–Trinajstić information content (AvgIpc) is 3.15. The monoisotopic (exact) mass is 431 g/mol. The van der Waals surface area contributed by atoms with Crippen LogP contribution in [0.3, 0.4) is 0 Å². The highest BCUT2D eigenvalue weighted by molar-refractivity contribution is 7.11. The van der Waals surface area contributed by atoms with Gasteiger partial charge in [0.1, 0.15) is 0 Å². The topological polar surface area (TPSA) is 67.6 Å². The number of carboxylic acid groups (broad SMARTS) is 1. The van der Waals surface area contributed by atoms with E-state index in [4.69, 9.17) is 14.6 Å². The number of imidazole rings is 1. The number of aryl methyl sites for hydroxylation is 2. The lowest BCUT2D eigenvalue weighted by Gasteiger charge is -2.19. The molecule has 0 radical (unpaired) electrons. The molecular formula is C19H24F3N3O3S. The van der Waals surface area contributed by atoms with Crippen molar-refractivity contribution >= 4 is 17.3 Å². The molecule has 0 bridgehead atoms. The molecule has 1 aliphatic heterocycles. The van der Waals surface area contributed by atoms with E-state index in [0.717, 1.165) is 31.9 Å². The third-order valence-electron chi connectivity index (χ3n) is 4.17. The highest BCUT2D eigenvalue weighted by Gasteiger charge is 2.38. The minimum atomic E-state index is -5.08. The molecule has 0 spiro atoms. The minimum Gasteiger partial charge on any atom is -0.475 e. The van der Waals surface area contributed by atoms with Gasteiger partial charge in [-0.05, 0) is 25.5 Å². The van der Waals surface area contributed by atoms with Gasteiger partial charge in [-0.25, -0.2) is 9.78 Å². The molecule has 2 aromatic heterocycles. The number of fused-ring (bicyclic) bond motifs is 1. The van der Waals surface area contributed by atoms with Gasteiger partial charge in [0.15, 0.2) is 0 Å². The lowest BCUT2D eigenvalue weighted by atomic mass is 10.3. The first kappa shape index (κ1) is 23.1. The largest absolute Gasteiger partial charge is 0.490 e. The molecule has 0 atom stereocenters. The van der Waals surface area contributed by atoms with Crippen LogP contribution < -0.4 is 0 Å². The Morgan fingerprint density at radius 3 is 2.72 bits per heavy atom. The van der Waals surface area contributed by atoms with Crippen molar-refractivity contribution in [2.45, 2.75) is 45.8 Å². The van der Waals surface area contributed by atoms with Crippen LogP contribution in [0.2, 0.25) is 0 Å². The molecule has 0 aliphatic carbocycles. The Kier molecular flexibility index (Phi) is 8.42. The second-order valence-corrected chi connectivity index (χ2v) is 7.89. The average molecular weight is 431 g/mol. The number of hydrogen-bond acceptors (Lipinski definition) is 5. The van der Waals surface area contributed by atoms with Crippen LogP contribution in [-0.4, -0.2) is 44.9 Å². The van der Waals surface area contributed by atoms with E-state index < -0.39 is 12.1 Å². The number of halogens is 3. The van der Waals surface area contributed by atoms with Crippen LogP contribution in [0.15, 0.2) is 31.1 Å². The van der Waals surface area contributed by atoms with Gasteiger partial charge in [-0.2, -0.15) is 13.2 Å². The number of hydrogen-bond donors (Lipinski definition) is 1. The quantitative estimate of drug-likeness (QED) is 0.553. The Labute approximate surface area is 171 Å². The van der Waals surface area contributed by atoms with E-state index in [2.05, 4.69) is 40.1 Å². The Morgan fingerprint density at radius 1 is 1.41 bits per heavy atom. The van der Waals surface area contributed by atoms with Crippen molar-refractivity contribution in [2.75, 3.05) is 13.2 Å². The molecule has 6 nitrogen and oxygen atoms in total. The van der Waals surface area contributed by atoms with Gasteiger partial charge < -0.3 is 14.4 Å². The molecule has 0 saturated carbocycles. The Morgan fingerprint density at radius 2 is 2.14 bits per heavy atom. The number of aromatic nitrogens is 2. The number of aliphatic carboxylic acids is 1. The molecule has 10 heteroatoms. The van der Waals surface area contributed by atoms with Crippen molar-refractivity contribution in [1.82, 2.24) is 14.5 Å². The van der Waals surface area contributed by atoms with Gasteiger partial charge >= 0.3 is 12.1 Å². The lowest BCUT2D eigenvalue weighted by Crippen LogP contribution is -2.23. The Hall–Kier alpha value is -2.17. The smallest absolute Gasteiger partial charge is 0.475 e. The standard InChI is InChI=1S/C17H23N3OS.C2HF3O2/c1-3-9-21-12-16-17-11-19(7-4-8-20(17)13-18-16)10-15-6-5-14(2)22-15;3-2(4,5)1(6)7/h3,5-6,13H,1,4,7-12H2,2H3;(H,6,7). The van der Waals surface area contributed by atoms with Gasteiger partial charge in [0.05, 0.1) is 30.9 Å². The van der Waals surface area contributed by atoms with Crippen LogP contribution in [-0.2, 0) is 35.8 Å². The number of ether oxygens (including phenoxy) is 1. The molecule has 1 N–H and O–H groups in total. The first-order valence-corrected chi connectivity index (χ1v) is 9.81. The predicted octanol–water partition coefficient (Wildman–Crippen LogP) is 3.99. The van der Waals surface area contributed by atoms with E-state index in [9.17, 15) is 13.2 Å².